The lowest BCUT2D eigenvalue weighted by atomic mass is 10.1. The fraction of sp³-hybridized carbons (Fsp3) is 0.278. The predicted octanol–water partition coefficient (Wildman–Crippen LogP) is 3.60. The molecule has 0 radical (unpaired) electrons. The average Bonchev–Trinajstić information content (AvgIpc) is 2.61. The molecule has 2 amide bonds. The molecule has 0 fully saturated rings. The van der Waals surface area contributed by atoms with Crippen LogP contribution in [0.25, 0.3) is 0 Å². The summed E-state index contributed by atoms with van der Waals surface area (Å²) in [6.45, 7) is 1.87. The van der Waals surface area contributed by atoms with E-state index in [2.05, 4.69) is 10.6 Å². The first-order valence-electron chi connectivity index (χ1n) is 7.51. The largest absolute Gasteiger partial charge is 0.497 e. The molecule has 0 saturated carbocycles. The summed E-state index contributed by atoms with van der Waals surface area (Å²) in [4.78, 5) is 12.3. The zero-order valence-corrected chi connectivity index (χ0v) is 14.3. The quantitative estimate of drug-likeness (QED) is 0.849. The minimum atomic E-state index is -0.336. The smallest absolute Gasteiger partial charge is 0.319 e. The summed E-state index contributed by atoms with van der Waals surface area (Å²) in [7, 11) is 4.74. The number of anilines is 1. The zero-order chi connectivity index (χ0) is 17.5. The molecule has 6 nitrogen and oxygen atoms in total. The summed E-state index contributed by atoms with van der Waals surface area (Å²) in [6.07, 6.45) is 0. The average molecular weight is 330 g/mol. The first-order valence-corrected chi connectivity index (χ1v) is 7.51. The third-order valence-corrected chi connectivity index (χ3v) is 3.61. The molecule has 0 aliphatic heterocycles. The summed E-state index contributed by atoms with van der Waals surface area (Å²) < 4.78 is 15.8. The monoisotopic (exact) mass is 330 g/mol. The molecule has 1 atom stereocenters. The van der Waals surface area contributed by atoms with Gasteiger partial charge >= 0.3 is 6.03 Å². The molecule has 2 N–H and O–H groups in total. The molecule has 0 aliphatic rings. The van der Waals surface area contributed by atoms with Crippen molar-refractivity contribution in [1.82, 2.24) is 5.32 Å². The third kappa shape index (κ3) is 4.10. The molecule has 0 heterocycles. The molecule has 0 bridgehead atoms. The van der Waals surface area contributed by atoms with Crippen LogP contribution in [-0.2, 0) is 0 Å². The van der Waals surface area contributed by atoms with Crippen molar-refractivity contribution in [3.8, 4) is 17.2 Å². The fourth-order valence-electron chi connectivity index (χ4n) is 2.36. The summed E-state index contributed by atoms with van der Waals surface area (Å²) in [6, 6.07) is 12.1. The molecule has 0 unspecified atom stereocenters. The Morgan fingerprint density at radius 3 is 2.33 bits per heavy atom. The van der Waals surface area contributed by atoms with Crippen LogP contribution in [0.1, 0.15) is 18.5 Å². The van der Waals surface area contributed by atoms with Crippen molar-refractivity contribution in [2.75, 3.05) is 26.6 Å². The molecule has 2 aromatic rings. The van der Waals surface area contributed by atoms with Crippen molar-refractivity contribution < 1.29 is 19.0 Å². The number of carbonyl (C=O) groups excluding carboxylic acids is 1. The van der Waals surface area contributed by atoms with Crippen molar-refractivity contribution >= 4 is 11.7 Å². The van der Waals surface area contributed by atoms with E-state index in [9.17, 15) is 4.79 Å². The molecule has 0 aliphatic carbocycles. The lowest BCUT2D eigenvalue weighted by molar-refractivity contribution is 0.249. The number of benzene rings is 2. The van der Waals surface area contributed by atoms with Gasteiger partial charge < -0.3 is 24.8 Å². The number of ether oxygens (including phenoxy) is 3. The zero-order valence-electron chi connectivity index (χ0n) is 14.3. The predicted molar refractivity (Wildman–Crippen MR) is 93.1 cm³/mol. The molecule has 128 valence electrons. The molecular weight excluding hydrogens is 308 g/mol. The maximum Gasteiger partial charge on any atom is 0.319 e. The van der Waals surface area contributed by atoms with Crippen molar-refractivity contribution in [3.05, 3.63) is 48.0 Å². The van der Waals surface area contributed by atoms with Gasteiger partial charge in [0.2, 0.25) is 0 Å². The fourth-order valence-corrected chi connectivity index (χ4v) is 2.36. The van der Waals surface area contributed by atoms with Gasteiger partial charge in [-0.15, -0.1) is 0 Å². The van der Waals surface area contributed by atoms with Gasteiger partial charge in [0.25, 0.3) is 0 Å². The Morgan fingerprint density at radius 2 is 1.67 bits per heavy atom. The SMILES string of the molecule is COc1ccc(OC)c([C@@H](C)NC(=O)Nc2ccccc2OC)c1. The highest BCUT2D eigenvalue weighted by Crippen LogP contribution is 2.29. The van der Waals surface area contributed by atoms with Gasteiger partial charge in [0.15, 0.2) is 0 Å². The van der Waals surface area contributed by atoms with Crippen LogP contribution in [0.5, 0.6) is 17.2 Å². The van der Waals surface area contributed by atoms with Gasteiger partial charge in [-0.2, -0.15) is 0 Å². The van der Waals surface area contributed by atoms with Crippen LogP contribution in [-0.4, -0.2) is 27.4 Å². The Morgan fingerprint density at radius 1 is 0.958 bits per heavy atom. The molecule has 0 aromatic heterocycles. The standard InChI is InChI=1S/C18H22N2O4/c1-12(14-11-13(22-2)9-10-16(14)23-3)19-18(21)20-15-7-5-6-8-17(15)24-4/h5-12H,1-4H3,(H2,19,20,21)/t12-/m1/s1. The van der Waals surface area contributed by atoms with Crippen LogP contribution >= 0.6 is 0 Å². The lowest BCUT2D eigenvalue weighted by Crippen LogP contribution is -2.31. The molecule has 6 heteroatoms. The van der Waals surface area contributed by atoms with Gasteiger partial charge in [0, 0.05) is 5.56 Å². The summed E-state index contributed by atoms with van der Waals surface area (Å²) in [5.74, 6) is 1.98. The number of nitrogens with one attached hydrogen (secondary N) is 2. The second-order valence-corrected chi connectivity index (χ2v) is 5.13. The first kappa shape index (κ1) is 17.5. The topological polar surface area (TPSA) is 68.8 Å². The molecular formula is C18H22N2O4. The summed E-state index contributed by atoms with van der Waals surface area (Å²) in [5.41, 5.74) is 1.43. The van der Waals surface area contributed by atoms with E-state index in [4.69, 9.17) is 14.2 Å². The molecule has 0 spiro atoms. The van der Waals surface area contributed by atoms with Gasteiger partial charge in [-0.25, -0.2) is 4.79 Å². The lowest BCUT2D eigenvalue weighted by Gasteiger charge is -2.19. The minimum Gasteiger partial charge on any atom is -0.497 e. The molecule has 0 saturated heterocycles. The van der Waals surface area contributed by atoms with Crippen LogP contribution in [0.2, 0.25) is 0 Å². The first-order chi connectivity index (χ1) is 11.6. The van der Waals surface area contributed by atoms with Crippen LogP contribution in [0, 0.1) is 0 Å². The van der Waals surface area contributed by atoms with Gasteiger partial charge in [-0.3, -0.25) is 0 Å². The maximum atomic E-state index is 12.3. The highest BCUT2D eigenvalue weighted by Gasteiger charge is 2.16. The molecule has 2 rings (SSSR count). The van der Waals surface area contributed by atoms with Gasteiger partial charge in [0.05, 0.1) is 33.1 Å². The second kappa shape index (κ2) is 8.10. The summed E-state index contributed by atoms with van der Waals surface area (Å²) >= 11 is 0. The minimum absolute atomic E-state index is 0.273. The number of para-hydroxylation sites is 2. The Hall–Kier alpha value is -2.89. The van der Waals surface area contributed by atoms with E-state index in [0.717, 1.165) is 5.56 Å². The van der Waals surface area contributed by atoms with E-state index in [1.807, 2.05) is 37.3 Å². The van der Waals surface area contributed by atoms with Crippen molar-refractivity contribution in [3.63, 3.8) is 0 Å². The number of amides is 2. The van der Waals surface area contributed by atoms with E-state index in [1.165, 1.54) is 0 Å². The van der Waals surface area contributed by atoms with Crippen LogP contribution in [0.4, 0.5) is 10.5 Å². The van der Waals surface area contributed by atoms with Crippen molar-refractivity contribution in [1.29, 1.82) is 0 Å². The Balaban J connectivity index is 2.11. The van der Waals surface area contributed by atoms with Gasteiger partial charge in [0.1, 0.15) is 17.2 Å². The Bertz CT molecular complexity index is 703. The number of hydrogen-bond acceptors (Lipinski definition) is 4. The molecule has 24 heavy (non-hydrogen) atoms. The number of rotatable bonds is 6. The van der Waals surface area contributed by atoms with Crippen LogP contribution < -0.4 is 24.8 Å². The van der Waals surface area contributed by atoms with Gasteiger partial charge in [-0.1, -0.05) is 12.1 Å². The Kier molecular flexibility index (Phi) is 5.89. The van der Waals surface area contributed by atoms with E-state index < -0.39 is 0 Å². The number of urea groups is 1. The Labute approximate surface area is 141 Å². The highest BCUT2D eigenvalue weighted by molar-refractivity contribution is 5.91. The highest BCUT2D eigenvalue weighted by atomic mass is 16.5. The number of carbonyl (C=O) groups is 1. The van der Waals surface area contributed by atoms with Crippen LogP contribution in [0.15, 0.2) is 42.5 Å². The van der Waals surface area contributed by atoms with E-state index in [1.54, 1.807) is 33.5 Å². The van der Waals surface area contributed by atoms with E-state index in [-0.39, 0.29) is 12.1 Å². The van der Waals surface area contributed by atoms with Crippen molar-refractivity contribution in [2.45, 2.75) is 13.0 Å². The van der Waals surface area contributed by atoms with Crippen molar-refractivity contribution in [2.24, 2.45) is 0 Å². The normalized spacial score (nSPS) is 11.3. The van der Waals surface area contributed by atoms with E-state index in [0.29, 0.717) is 22.9 Å². The maximum absolute atomic E-state index is 12.3. The number of hydrogen-bond donors (Lipinski definition) is 2. The number of methoxy groups -OCH3 is 3. The van der Waals surface area contributed by atoms with Gasteiger partial charge in [-0.05, 0) is 37.3 Å². The summed E-state index contributed by atoms with van der Waals surface area (Å²) in [5, 5.41) is 5.66. The third-order valence-electron chi connectivity index (χ3n) is 3.61. The second-order valence-electron chi connectivity index (χ2n) is 5.13. The van der Waals surface area contributed by atoms with E-state index >= 15 is 0 Å². The molecule has 2 aromatic carbocycles. The van der Waals surface area contributed by atoms with Crippen LogP contribution in [0.3, 0.4) is 0 Å².